The molecule has 1 aliphatic carbocycles. The van der Waals surface area contributed by atoms with Crippen molar-refractivity contribution in [1.82, 2.24) is 14.5 Å². The molecule has 5 nitrogen and oxygen atoms in total. The molecule has 1 N–H and O–H groups in total. The molecule has 0 atom stereocenters. The summed E-state index contributed by atoms with van der Waals surface area (Å²) in [6.45, 7) is 0. The summed E-state index contributed by atoms with van der Waals surface area (Å²) in [7, 11) is 0. The molecule has 7 heteroatoms. The number of rotatable bonds is 3. The quantitative estimate of drug-likeness (QED) is 0.882. The van der Waals surface area contributed by atoms with Crippen LogP contribution in [0.25, 0.3) is 0 Å². The average Bonchev–Trinajstić information content (AvgIpc) is 2.82. The van der Waals surface area contributed by atoms with Gasteiger partial charge in [0.05, 0.1) is 0 Å². The largest absolute Gasteiger partial charge is 0.340 e. The molecular weight excluding hydrogens is 299 g/mol. The van der Waals surface area contributed by atoms with E-state index in [2.05, 4.69) is 15.3 Å². The lowest BCUT2D eigenvalue weighted by molar-refractivity contribution is 0.101. The Balaban J connectivity index is 1.83. The fraction of sp³-hybridized carbons (Fsp3) is 0.308. The number of halogens is 2. The third kappa shape index (κ3) is 2.39. The summed E-state index contributed by atoms with van der Waals surface area (Å²) in [5.74, 6) is -0.0309. The van der Waals surface area contributed by atoms with E-state index in [9.17, 15) is 4.79 Å². The van der Waals surface area contributed by atoms with Crippen LogP contribution in [0.4, 0.5) is 5.82 Å². The lowest BCUT2D eigenvalue weighted by atomic mass is 9.93. The highest BCUT2D eigenvalue weighted by atomic mass is 35.5. The van der Waals surface area contributed by atoms with Crippen LogP contribution in [-0.2, 0) is 0 Å². The first-order valence-corrected chi connectivity index (χ1v) is 7.06. The van der Waals surface area contributed by atoms with Gasteiger partial charge in [-0.3, -0.25) is 4.79 Å². The lowest BCUT2D eigenvalue weighted by Crippen LogP contribution is -2.23. The third-order valence-corrected chi connectivity index (χ3v) is 4.20. The van der Waals surface area contributed by atoms with E-state index < -0.39 is 0 Å². The second-order valence-electron chi connectivity index (χ2n) is 4.67. The van der Waals surface area contributed by atoms with E-state index in [0.717, 1.165) is 12.8 Å². The first-order valence-electron chi connectivity index (χ1n) is 6.31. The maximum atomic E-state index is 12.3. The van der Waals surface area contributed by atoms with Crippen molar-refractivity contribution >= 4 is 34.9 Å². The monoisotopic (exact) mass is 310 g/mol. The molecule has 2 aromatic rings. The fourth-order valence-corrected chi connectivity index (χ4v) is 2.45. The molecule has 1 saturated carbocycles. The van der Waals surface area contributed by atoms with Gasteiger partial charge in [-0.25, -0.2) is 9.97 Å². The van der Waals surface area contributed by atoms with Gasteiger partial charge in [0.25, 0.3) is 5.91 Å². The molecular formula is C13H12Cl2N4O. The summed E-state index contributed by atoms with van der Waals surface area (Å²) in [5.41, 5.74) is 0.598. The van der Waals surface area contributed by atoms with E-state index in [4.69, 9.17) is 23.2 Å². The van der Waals surface area contributed by atoms with Gasteiger partial charge in [-0.15, -0.1) is 0 Å². The van der Waals surface area contributed by atoms with Crippen molar-refractivity contribution < 1.29 is 4.79 Å². The summed E-state index contributed by atoms with van der Waals surface area (Å²) < 4.78 is 2.00. The molecule has 0 saturated heterocycles. The Morgan fingerprint density at radius 3 is 2.85 bits per heavy atom. The first-order chi connectivity index (χ1) is 9.66. The summed E-state index contributed by atoms with van der Waals surface area (Å²) in [6, 6.07) is 4.06. The van der Waals surface area contributed by atoms with Crippen LogP contribution in [0, 0.1) is 0 Å². The molecule has 1 amide bonds. The number of nitrogens with one attached hydrogen (secondary N) is 1. The van der Waals surface area contributed by atoms with Crippen LogP contribution in [-0.4, -0.2) is 20.4 Å². The Hall–Kier alpha value is -1.59. The van der Waals surface area contributed by atoms with Crippen LogP contribution in [0.3, 0.4) is 0 Å². The van der Waals surface area contributed by atoms with Crippen LogP contribution < -0.4 is 5.32 Å². The van der Waals surface area contributed by atoms with Crippen LogP contribution in [0.1, 0.15) is 35.8 Å². The molecule has 0 bridgehead atoms. The van der Waals surface area contributed by atoms with E-state index in [1.165, 1.54) is 12.7 Å². The van der Waals surface area contributed by atoms with Crippen LogP contribution in [0.15, 0.2) is 24.7 Å². The second-order valence-corrected chi connectivity index (χ2v) is 5.40. The highest BCUT2D eigenvalue weighted by Gasteiger charge is 2.23. The Bertz CT molecular complexity index is 652. The highest BCUT2D eigenvalue weighted by Crippen LogP contribution is 2.33. The summed E-state index contributed by atoms with van der Waals surface area (Å²) >= 11 is 11.8. The van der Waals surface area contributed by atoms with Gasteiger partial charge in [-0.05, 0) is 31.4 Å². The van der Waals surface area contributed by atoms with E-state index in [1.54, 1.807) is 6.07 Å². The Morgan fingerprint density at radius 1 is 1.35 bits per heavy atom. The summed E-state index contributed by atoms with van der Waals surface area (Å²) in [5, 5.41) is 2.93. The highest BCUT2D eigenvalue weighted by molar-refractivity contribution is 6.43. The number of amides is 1. The van der Waals surface area contributed by atoms with Gasteiger partial charge in [-0.2, -0.15) is 0 Å². The minimum absolute atomic E-state index is 0.117. The second kappa shape index (κ2) is 5.42. The summed E-state index contributed by atoms with van der Waals surface area (Å²) in [4.78, 5) is 20.0. The zero-order valence-corrected chi connectivity index (χ0v) is 12.0. The molecule has 0 radical (unpaired) electrons. The smallest absolute Gasteiger partial charge is 0.273 e. The Morgan fingerprint density at radius 2 is 2.15 bits per heavy atom. The van der Waals surface area contributed by atoms with Gasteiger partial charge in [0.1, 0.15) is 17.0 Å². The van der Waals surface area contributed by atoms with Crippen molar-refractivity contribution in [3.05, 3.63) is 40.5 Å². The zero-order valence-electron chi connectivity index (χ0n) is 10.5. The molecule has 0 aliphatic heterocycles. The Kier molecular flexibility index (Phi) is 3.63. The molecule has 2 aromatic heterocycles. The van der Waals surface area contributed by atoms with Crippen molar-refractivity contribution in [2.75, 3.05) is 5.32 Å². The van der Waals surface area contributed by atoms with Gasteiger partial charge >= 0.3 is 0 Å². The SMILES string of the molecule is O=C(Nc1ncnc(Cl)c1Cl)c1cccn1C1CCC1. The van der Waals surface area contributed by atoms with Gasteiger partial charge in [0.2, 0.25) is 0 Å². The number of hydrogen-bond acceptors (Lipinski definition) is 3. The van der Waals surface area contributed by atoms with E-state index in [0.29, 0.717) is 11.7 Å². The minimum atomic E-state index is -0.251. The number of nitrogens with zero attached hydrogens (tertiary/aromatic N) is 3. The molecule has 104 valence electrons. The number of aromatic nitrogens is 3. The molecule has 20 heavy (non-hydrogen) atoms. The maximum absolute atomic E-state index is 12.3. The van der Waals surface area contributed by atoms with Gasteiger partial charge in [0, 0.05) is 12.2 Å². The van der Waals surface area contributed by atoms with Crippen molar-refractivity contribution in [3.63, 3.8) is 0 Å². The normalized spacial score (nSPS) is 14.9. The fourth-order valence-electron chi connectivity index (χ4n) is 2.18. The minimum Gasteiger partial charge on any atom is -0.340 e. The molecule has 2 heterocycles. The van der Waals surface area contributed by atoms with Crippen molar-refractivity contribution in [2.45, 2.75) is 25.3 Å². The number of carbonyl (C=O) groups is 1. The molecule has 0 unspecified atom stereocenters. The molecule has 0 spiro atoms. The Labute approximate surface area is 125 Å². The van der Waals surface area contributed by atoms with Gasteiger partial charge < -0.3 is 9.88 Å². The van der Waals surface area contributed by atoms with E-state index >= 15 is 0 Å². The van der Waals surface area contributed by atoms with Crippen molar-refractivity contribution in [1.29, 1.82) is 0 Å². The average molecular weight is 311 g/mol. The third-order valence-electron chi connectivity index (χ3n) is 3.46. The molecule has 3 rings (SSSR count). The number of hydrogen-bond donors (Lipinski definition) is 1. The van der Waals surface area contributed by atoms with Crippen molar-refractivity contribution in [2.24, 2.45) is 0 Å². The molecule has 1 fully saturated rings. The topological polar surface area (TPSA) is 59.8 Å². The van der Waals surface area contributed by atoms with E-state index in [-0.39, 0.29) is 21.9 Å². The lowest BCUT2D eigenvalue weighted by Gasteiger charge is -2.28. The predicted molar refractivity (Wildman–Crippen MR) is 77.3 cm³/mol. The molecule has 0 aromatic carbocycles. The predicted octanol–water partition coefficient (Wildman–Crippen LogP) is 3.56. The van der Waals surface area contributed by atoms with Crippen LogP contribution in [0.5, 0.6) is 0 Å². The standard InChI is InChI=1S/C13H12Cl2N4O/c14-10-11(15)16-7-17-12(10)18-13(20)9-5-2-6-19(9)8-3-1-4-8/h2,5-8H,1,3-4H2,(H,16,17,18,20). The van der Waals surface area contributed by atoms with Crippen LogP contribution in [0.2, 0.25) is 10.2 Å². The molecule has 1 aliphatic rings. The van der Waals surface area contributed by atoms with Gasteiger partial charge in [-0.1, -0.05) is 23.2 Å². The van der Waals surface area contributed by atoms with E-state index in [1.807, 2.05) is 16.8 Å². The van der Waals surface area contributed by atoms with Gasteiger partial charge in [0.15, 0.2) is 11.0 Å². The van der Waals surface area contributed by atoms with Crippen molar-refractivity contribution in [3.8, 4) is 0 Å². The number of anilines is 1. The first kappa shape index (κ1) is 13.4. The number of carbonyl (C=O) groups excluding carboxylic acids is 1. The maximum Gasteiger partial charge on any atom is 0.273 e. The summed E-state index contributed by atoms with van der Waals surface area (Å²) in [6.07, 6.45) is 6.60. The van der Waals surface area contributed by atoms with Crippen LogP contribution >= 0.6 is 23.2 Å². The zero-order chi connectivity index (χ0) is 14.1.